The van der Waals surface area contributed by atoms with Crippen LogP contribution < -0.4 is 10.6 Å². The van der Waals surface area contributed by atoms with E-state index in [-0.39, 0.29) is 18.9 Å². The van der Waals surface area contributed by atoms with E-state index in [0.29, 0.717) is 25.9 Å². The van der Waals surface area contributed by atoms with Gasteiger partial charge in [0.15, 0.2) is 0 Å². The van der Waals surface area contributed by atoms with Gasteiger partial charge >= 0.3 is 12.1 Å². The number of carboxylic acids is 1. The van der Waals surface area contributed by atoms with Gasteiger partial charge in [-0.15, -0.1) is 0 Å². The zero-order valence-electron chi connectivity index (χ0n) is 20.5. The first-order chi connectivity index (χ1) is 16.6. The molecule has 0 unspecified atom stereocenters. The van der Waals surface area contributed by atoms with E-state index in [4.69, 9.17) is 4.74 Å². The van der Waals surface area contributed by atoms with Crippen molar-refractivity contribution < 1.29 is 24.2 Å². The first kappa shape index (κ1) is 24.7. The first-order valence-corrected chi connectivity index (χ1v) is 12.0. The topological polar surface area (TPSA) is 108 Å². The van der Waals surface area contributed by atoms with Crippen LogP contribution in [-0.4, -0.2) is 65.8 Å². The molecule has 1 aliphatic carbocycles. The lowest BCUT2D eigenvalue weighted by Crippen LogP contribution is -2.63. The summed E-state index contributed by atoms with van der Waals surface area (Å²) in [6.45, 7) is 4.70. The molecule has 1 saturated heterocycles. The fourth-order valence-corrected chi connectivity index (χ4v) is 5.03. The van der Waals surface area contributed by atoms with Crippen molar-refractivity contribution in [3.63, 3.8) is 0 Å². The zero-order valence-corrected chi connectivity index (χ0v) is 20.5. The highest BCUT2D eigenvalue weighted by molar-refractivity contribution is 5.90. The predicted octanol–water partition coefficient (Wildman–Crippen LogP) is 3.36. The number of fused-ring (bicyclic) bond motifs is 3. The van der Waals surface area contributed by atoms with Crippen LogP contribution in [0.3, 0.4) is 0 Å². The molecule has 2 aliphatic rings. The molecular weight excluding hydrogens is 446 g/mol. The van der Waals surface area contributed by atoms with Crippen molar-refractivity contribution in [2.45, 2.75) is 50.1 Å². The molecule has 1 aliphatic heterocycles. The molecule has 0 saturated carbocycles. The maximum atomic E-state index is 13.1. The van der Waals surface area contributed by atoms with E-state index >= 15 is 0 Å². The SMILES string of the molecule is CN1CCC(CC(=O)O)(NC(=O)C(C)(C)NC(=O)OCC2c3ccccc3-c3ccccc32)CC1. The Morgan fingerprint density at radius 2 is 1.57 bits per heavy atom. The molecule has 0 spiro atoms. The highest BCUT2D eigenvalue weighted by atomic mass is 16.5. The second kappa shape index (κ2) is 9.70. The number of carbonyl (C=O) groups is 3. The molecule has 0 radical (unpaired) electrons. The van der Waals surface area contributed by atoms with Gasteiger partial charge in [0.05, 0.1) is 12.0 Å². The van der Waals surface area contributed by atoms with Crippen molar-refractivity contribution >= 4 is 18.0 Å². The third-order valence-corrected chi connectivity index (χ3v) is 7.14. The van der Waals surface area contributed by atoms with Gasteiger partial charge in [0, 0.05) is 19.0 Å². The Morgan fingerprint density at radius 3 is 2.11 bits per heavy atom. The molecule has 8 nitrogen and oxygen atoms in total. The maximum absolute atomic E-state index is 13.1. The molecule has 1 fully saturated rings. The molecule has 8 heteroatoms. The molecule has 35 heavy (non-hydrogen) atoms. The molecule has 0 bridgehead atoms. The molecule has 2 amide bonds. The number of nitrogens with zero attached hydrogens (tertiary/aromatic N) is 1. The van der Waals surface area contributed by atoms with Crippen molar-refractivity contribution in [2.75, 3.05) is 26.7 Å². The average molecular weight is 480 g/mol. The molecule has 1 heterocycles. The number of piperidine rings is 1. The van der Waals surface area contributed by atoms with Crippen molar-refractivity contribution in [1.82, 2.24) is 15.5 Å². The second-order valence-electron chi connectivity index (χ2n) is 10.2. The normalized spacial score (nSPS) is 17.2. The number of hydrogen-bond donors (Lipinski definition) is 3. The Morgan fingerprint density at radius 1 is 1.03 bits per heavy atom. The van der Waals surface area contributed by atoms with Crippen LogP contribution in [0.5, 0.6) is 0 Å². The molecule has 186 valence electrons. The largest absolute Gasteiger partial charge is 0.481 e. The van der Waals surface area contributed by atoms with E-state index < -0.39 is 29.0 Å². The lowest BCUT2D eigenvalue weighted by atomic mass is 9.83. The lowest BCUT2D eigenvalue weighted by Gasteiger charge is -2.42. The molecule has 2 aromatic carbocycles. The summed E-state index contributed by atoms with van der Waals surface area (Å²) >= 11 is 0. The summed E-state index contributed by atoms with van der Waals surface area (Å²) < 4.78 is 5.59. The number of carboxylic acid groups (broad SMARTS) is 1. The van der Waals surface area contributed by atoms with Gasteiger partial charge in [0.2, 0.25) is 5.91 Å². The van der Waals surface area contributed by atoms with E-state index in [0.717, 1.165) is 22.3 Å². The van der Waals surface area contributed by atoms with Gasteiger partial charge in [-0.05, 0) is 56.0 Å². The average Bonchev–Trinajstić information content (AvgIpc) is 3.13. The molecular formula is C27H33N3O5. The number of amides is 2. The zero-order chi connectivity index (χ0) is 25.2. The van der Waals surface area contributed by atoms with E-state index in [1.165, 1.54) is 0 Å². The van der Waals surface area contributed by atoms with Gasteiger partial charge in [-0.2, -0.15) is 0 Å². The summed E-state index contributed by atoms with van der Waals surface area (Å²) in [4.78, 5) is 39.5. The van der Waals surface area contributed by atoms with Crippen LogP contribution in [0.1, 0.15) is 50.2 Å². The minimum absolute atomic E-state index is 0.0804. The Bertz CT molecular complexity index is 1080. The van der Waals surface area contributed by atoms with E-state index in [1.807, 2.05) is 43.4 Å². The smallest absolute Gasteiger partial charge is 0.408 e. The van der Waals surface area contributed by atoms with Crippen molar-refractivity contribution in [3.8, 4) is 11.1 Å². The van der Waals surface area contributed by atoms with Crippen LogP contribution in [0.4, 0.5) is 4.79 Å². The Hall–Kier alpha value is -3.39. The predicted molar refractivity (Wildman–Crippen MR) is 132 cm³/mol. The van der Waals surface area contributed by atoms with Gasteiger partial charge in [-0.1, -0.05) is 48.5 Å². The fourth-order valence-electron chi connectivity index (χ4n) is 5.03. The lowest BCUT2D eigenvalue weighted by molar-refractivity contribution is -0.140. The fraction of sp³-hybridized carbons (Fsp3) is 0.444. The second-order valence-corrected chi connectivity index (χ2v) is 10.2. The van der Waals surface area contributed by atoms with E-state index in [9.17, 15) is 19.5 Å². The van der Waals surface area contributed by atoms with E-state index in [2.05, 4.69) is 27.7 Å². The Labute approximate surface area is 205 Å². The molecule has 0 aromatic heterocycles. The third kappa shape index (κ3) is 5.32. The number of ether oxygens (including phenoxy) is 1. The van der Waals surface area contributed by atoms with Gasteiger partial charge < -0.3 is 25.4 Å². The quantitative estimate of drug-likeness (QED) is 0.562. The van der Waals surface area contributed by atoms with Crippen LogP contribution >= 0.6 is 0 Å². The Balaban J connectivity index is 1.39. The minimum Gasteiger partial charge on any atom is -0.481 e. The van der Waals surface area contributed by atoms with Gasteiger partial charge in [0.1, 0.15) is 12.1 Å². The van der Waals surface area contributed by atoms with Crippen LogP contribution in [0.15, 0.2) is 48.5 Å². The monoisotopic (exact) mass is 479 g/mol. The third-order valence-electron chi connectivity index (χ3n) is 7.14. The standard InChI is InChI=1S/C27H33N3O5/c1-26(2,24(33)28-27(16-23(31)32)12-14-30(3)15-13-27)29-25(34)35-17-22-20-10-6-4-8-18(20)19-9-5-7-11-21(19)22/h4-11,22H,12-17H2,1-3H3,(H,28,33)(H,29,34)(H,31,32). The van der Waals surface area contributed by atoms with Gasteiger partial charge in [0.25, 0.3) is 0 Å². The maximum Gasteiger partial charge on any atom is 0.408 e. The number of carbonyl (C=O) groups excluding carboxylic acids is 2. The van der Waals surface area contributed by atoms with Crippen LogP contribution in [0.25, 0.3) is 11.1 Å². The molecule has 3 N–H and O–H groups in total. The summed E-state index contributed by atoms with van der Waals surface area (Å²) in [7, 11) is 1.97. The minimum atomic E-state index is -1.28. The number of alkyl carbamates (subject to hydrolysis) is 1. The highest BCUT2D eigenvalue weighted by Crippen LogP contribution is 2.44. The molecule has 0 atom stereocenters. The van der Waals surface area contributed by atoms with Crippen molar-refractivity contribution in [3.05, 3.63) is 59.7 Å². The van der Waals surface area contributed by atoms with Crippen molar-refractivity contribution in [1.29, 1.82) is 0 Å². The molecule has 2 aromatic rings. The van der Waals surface area contributed by atoms with Gasteiger partial charge in [-0.3, -0.25) is 9.59 Å². The number of likely N-dealkylation sites (tertiary alicyclic amines) is 1. The summed E-state index contributed by atoms with van der Waals surface area (Å²) in [5.41, 5.74) is 2.37. The van der Waals surface area contributed by atoms with Crippen LogP contribution in [0, 0.1) is 0 Å². The summed E-state index contributed by atoms with van der Waals surface area (Å²) in [6, 6.07) is 16.2. The number of rotatable bonds is 7. The van der Waals surface area contributed by atoms with Crippen LogP contribution in [-0.2, 0) is 14.3 Å². The highest BCUT2D eigenvalue weighted by Gasteiger charge is 2.41. The summed E-state index contributed by atoms with van der Waals surface area (Å²) in [5, 5.41) is 15.0. The van der Waals surface area contributed by atoms with Crippen molar-refractivity contribution in [2.24, 2.45) is 0 Å². The van der Waals surface area contributed by atoms with Crippen LogP contribution in [0.2, 0.25) is 0 Å². The first-order valence-electron chi connectivity index (χ1n) is 12.0. The molecule has 4 rings (SSSR count). The Kier molecular flexibility index (Phi) is 6.85. The number of aliphatic carboxylic acids is 1. The van der Waals surface area contributed by atoms with E-state index in [1.54, 1.807) is 13.8 Å². The number of hydrogen-bond acceptors (Lipinski definition) is 5. The number of benzene rings is 2. The summed E-state index contributed by atoms with van der Waals surface area (Å²) in [5.74, 6) is -1.47. The summed E-state index contributed by atoms with van der Waals surface area (Å²) in [6.07, 6.45) is 0.210. The van der Waals surface area contributed by atoms with Gasteiger partial charge in [-0.25, -0.2) is 4.79 Å². The number of nitrogens with one attached hydrogen (secondary N) is 2.